The molecule has 208 valence electrons. The Morgan fingerprint density at radius 2 is 1.73 bits per heavy atom. The van der Waals surface area contributed by atoms with Crippen molar-refractivity contribution in [2.24, 2.45) is 4.99 Å². The first-order valence-electron chi connectivity index (χ1n) is 13.1. The van der Waals surface area contributed by atoms with Crippen LogP contribution >= 0.6 is 0 Å². The zero-order valence-corrected chi connectivity index (χ0v) is 23.5. The Hall–Kier alpha value is -5.18. The molecule has 0 spiro atoms. The molecule has 5 rings (SSSR count). The molecule has 2 heterocycles. The van der Waals surface area contributed by atoms with Crippen molar-refractivity contribution in [1.82, 2.24) is 14.8 Å². The standard InChI is InChI=1S/C32H31N5O4/c1-18-9-11-22(16-28(18)38)33-17-25-24-12-10-21(15-26(24)35-30(25)40)29(39)20-7-6-8-23(14-20)34-31(41)27-13-19(2)36-37(27)32(3,4)5/h6-17,35,38,40H,1-5H3,(H,34,41). The van der Waals surface area contributed by atoms with E-state index in [0.29, 0.717) is 44.7 Å². The average Bonchev–Trinajstić information content (AvgIpc) is 3.48. The third-order valence-electron chi connectivity index (χ3n) is 6.70. The summed E-state index contributed by atoms with van der Waals surface area (Å²) in [5.74, 6) is -0.498. The molecule has 9 nitrogen and oxygen atoms in total. The number of benzene rings is 3. The minimum absolute atomic E-state index is 0.0841. The molecule has 5 aromatic rings. The fourth-order valence-corrected chi connectivity index (χ4v) is 4.57. The van der Waals surface area contributed by atoms with E-state index in [1.807, 2.05) is 27.7 Å². The number of aromatic amines is 1. The maximum atomic E-state index is 13.4. The molecule has 0 unspecified atom stereocenters. The molecule has 0 aliphatic rings. The van der Waals surface area contributed by atoms with Crippen LogP contribution in [0.5, 0.6) is 11.6 Å². The molecule has 0 aliphatic heterocycles. The van der Waals surface area contributed by atoms with Gasteiger partial charge in [-0.3, -0.25) is 19.3 Å². The number of phenolic OH excluding ortho intramolecular Hbond substituents is 1. The number of hydrogen-bond acceptors (Lipinski definition) is 6. The van der Waals surface area contributed by atoms with E-state index in [-0.39, 0.29) is 28.9 Å². The van der Waals surface area contributed by atoms with Crippen LogP contribution in [-0.2, 0) is 5.54 Å². The summed E-state index contributed by atoms with van der Waals surface area (Å²) in [6.45, 7) is 9.56. The summed E-state index contributed by atoms with van der Waals surface area (Å²) in [6, 6.07) is 18.7. The van der Waals surface area contributed by atoms with E-state index in [0.717, 1.165) is 11.3 Å². The lowest BCUT2D eigenvalue weighted by molar-refractivity contribution is 0.100. The highest BCUT2D eigenvalue weighted by Crippen LogP contribution is 2.29. The summed E-state index contributed by atoms with van der Waals surface area (Å²) >= 11 is 0. The average molecular weight is 550 g/mol. The van der Waals surface area contributed by atoms with Gasteiger partial charge in [0.25, 0.3) is 5.91 Å². The molecule has 0 atom stereocenters. The summed E-state index contributed by atoms with van der Waals surface area (Å²) < 4.78 is 1.69. The first-order valence-corrected chi connectivity index (χ1v) is 13.1. The Labute approximate surface area is 237 Å². The van der Waals surface area contributed by atoms with Gasteiger partial charge in [-0.15, -0.1) is 0 Å². The first kappa shape index (κ1) is 27.4. The molecule has 0 aliphatic carbocycles. The SMILES string of the molecule is Cc1cc(C(=O)Nc2cccc(C(=O)c3ccc4c(C=Nc5ccc(C)c(O)c5)c(O)[nH]c4c3)c2)n(C(C)(C)C)n1. The van der Waals surface area contributed by atoms with Crippen LogP contribution in [0, 0.1) is 13.8 Å². The predicted molar refractivity (Wildman–Crippen MR) is 160 cm³/mol. The lowest BCUT2D eigenvalue weighted by atomic mass is 10.0. The zero-order valence-electron chi connectivity index (χ0n) is 23.5. The van der Waals surface area contributed by atoms with Gasteiger partial charge in [0.15, 0.2) is 11.7 Å². The highest BCUT2D eigenvalue weighted by Gasteiger charge is 2.23. The van der Waals surface area contributed by atoms with E-state index < -0.39 is 0 Å². The van der Waals surface area contributed by atoms with Gasteiger partial charge in [-0.1, -0.05) is 30.3 Å². The third-order valence-corrected chi connectivity index (χ3v) is 6.70. The van der Waals surface area contributed by atoms with Gasteiger partial charge in [-0.25, -0.2) is 0 Å². The Morgan fingerprint density at radius 3 is 2.46 bits per heavy atom. The fraction of sp³-hybridized carbons (Fsp3) is 0.188. The van der Waals surface area contributed by atoms with Crippen LogP contribution in [-0.4, -0.2) is 42.9 Å². The van der Waals surface area contributed by atoms with Crippen molar-refractivity contribution in [2.75, 3.05) is 5.32 Å². The van der Waals surface area contributed by atoms with Gasteiger partial charge in [-0.05, 0) is 70.5 Å². The van der Waals surface area contributed by atoms with E-state index in [2.05, 4.69) is 20.4 Å². The molecule has 4 N–H and O–H groups in total. The Kier molecular flexibility index (Phi) is 6.96. The Balaban J connectivity index is 1.38. The van der Waals surface area contributed by atoms with Crippen molar-refractivity contribution in [3.63, 3.8) is 0 Å². The van der Waals surface area contributed by atoms with Crippen LogP contribution in [0.25, 0.3) is 10.9 Å². The molecule has 9 heteroatoms. The third kappa shape index (κ3) is 5.60. The van der Waals surface area contributed by atoms with Crippen LogP contribution in [0.15, 0.2) is 71.7 Å². The van der Waals surface area contributed by atoms with Crippen LogP contribution in [0.1, 0.15) is 64.0 Å². The molecule has 0 bridgehead atoms. The lowest BCUT2D eigenvalue weighted by Crippen LogP contribution is -2.29. The van der Waals surface area contributed by atoms with E-state index in [9.17, 15) is 19.8 Å². The van der Waals surface area contributed by atoms with Gasteiger partial charge >= 0.3 is 0 Å². The van der Waals surface area contributed by atoms with Gasteiger partial charge in [-0.2, -0.15) is 5.10 Å². The normalized spacial score (nSPS) is 11.8. The summed E-state index contributed by atoms with van der Waals surface area (Å²) in [6.07, 6.45) is 1.51. The van der Waals surface area contributed by atoms with Crippen molar-refractivity contribution in [1.29, 1.82) is 0 Å². The van der Waals surface area contributed by atoms with Gasteiger partial charge in [0, 0.05) is 40.0 Å². The number of ketones is 1. The number of carbonyl (C=O) groups is 2. The number of aromatic hydroxyl groups is 2. The highest BCUT2D eigenvalue weighted by atomic mass is 16.3. The summed E-state index contributed by atoms with van der Waals surface area (Å²) in [7, 11) is 0. The number of aryl methyl sites for hydroxylation is 2. The summed E-state index contributed by atoms with van der Waals surface area (Å²) in [5.41, 5.74) is 4.41. The topological polar surface area (TPSA) is 133 Å². The molecule has 0 saturated heterocycles. The number of H-pyrrole nitrogens is 1. The van der Waals surface area contributed by atoms with Crippen molar-refractivity contribution in [3.05, 3.63) is 100 Å². The van der Waals surface area contributed by atoms with E-state index in [4.69, 9.17) is 0 Å². The van der Waals surface area contributed by atoms with Crippen LogP contribution in [0.3, 0.4) is 0 Å². The van der Waals surface area contributed by atoms with Crippen molar-refractivity contribution < 1.29 is 19.8 Å². The van der Waals surface area contributed by atoms with Crippen LogP contribution < -0.4 is 5.32 Å². The Bertz CT molecular complexity index is 1840. The van der Waals surface area contributed by atoms with Crippen LogP contribution in [0.2, 0.25) is 0 Å². The number of phenols is 1. The number of amides is 1. The molecule has 0 radical (unpaired) electrons. The molecular formula is C32H31N5O4. The second-order valence-corrected chi connectivity index (χ2v) is 11.0. The molecule has 0 fully saturated rings. The summed E-state index contributed by atoms with van der Waals surface area (Å²) in [5, 5.41) is 28.5. The van der Waals surface area contributed by atoms with E-state index >= 15 is 0 Å². The number of nitrogens with one attached hydrogen (secondary N) is 2. The molecule has 3 aromatic carbocycles. The second-order valence-electron chi connectivity index (χ2n) is 11.0. The monoisotopic (exact) mass is 549 g/mol. The number of aliphatic imine (C=N–C) groups is 1. The number of carbonyl (C=O) groups excluding carboxylic acids is 2. The van der Waals surface area contributed by atoms with Gasteiger partial charge in [0.2, 0.25) is 0 Å². The Morgan fingerprint density at radius 1 is 0.976 bits per heavy atom. The molecule has 41 heavy (non-hydrogen) atoms. The fourth-order valence-electron chi connectivity index (χ4n) is 4.57. The van der Waals surface area contributed by atoms with Crippen molar-refractivity contribution in [3.8, 4) is 11.6 Å². The number of nitrogens with zero attached hydrogens (tertiary/aromatic N) is 3. The molecule has 0 saturated carbocycles. The van der Waals surface area contributed by atoms with E-state index in [1.165, 1.54) is 6.21 Å². The quantitative estimate of drug-likeness (QED) is 0.144. The summed E-state index contributed by atoms with van der Waals surface area (Å²) in [4.78, 5) is 33.8. The molecule has 2 aromatic heterocycles. The predicted octanol–water partition coefficient (Wildman–Crippen LogP) is 6.38. The van der Waals surface area contributed by atoms with Crippen LogP contribution in [0.4, 0.5) is 11.4 Å². The first-order chi connectivity index (χ1) is 19.4. The number of rotatable bonds is 6. The largest absolute Gasteiger partial charge is 0.508 e. The molecule has 1 amide bonds. The highest BCUT2D eigenvalue weighted by molar-refractivity contribution is 6.13. The smallest absolute Gasteiger partial charge is 0.273 e. The zero-order chi connectivity index (χ0) is 29.5. The number of aromatic nitrogens is 3. The maximum absolute atomic E-state index is 13.4. The van der Waals surface area contributed by atoms with Crippen molar-refractivity contribution in [2.45, 2.75) is 40.2 Å². The molecular weight excluding hydrogens is 518 g/mol. The minimum atomic E-state index is -0.376. The van der Waals surface area contributed by atoms with Gasteiger partial charge in [0.1, 0.15) is 11.4 Å². The van der Waals surface area contributed by atoms with E-state index in [1.54, 1.807) is 78.3 Å². The number of hydrogen-bond donors (Lipinski definition) is 4. The number of anilines is 1. The number of fused-ring (bicyclic) bond motifs is 1. The second kappa shape index (κ2) is 10.4. The van der Waals surface area contributed by atoms with Crippen molar-refractivity contribution >= 4 is 40.2 Å². The maximum Gasteiger partial charge on any atom is 0.273 e. The lowest BCUT2D eigenvalue weighted by Gasteiger charge is -2.22. The van der Waals surface area contributed by atoms with Gasteiger partial charge in [0.05, 0.1) is 22.5 Å². The minimum Gasteiger partial charge on any atom is -0.508 e. The van der Waals surface area contributed by atoms with Gasteiger partial charge < -0.3 is 20.5 Å².